The van der Waals surface area contributed by atoms with E-state index in [4.69, 9.17) is 18.9 Å². The van der Waals surface area contributed by atoms with E-state index < -0.39 is 17.4 Å². The van der Waals surface area contributed by atoms with Crippen LogP contribution in [0.4, 0.5) is 0 Å². The molecule has 0 radical (unpaired) electrons. The maximum absolute atomic E-state index is 11.4. The molecule has 1 aliphatic carbocycles. The molecule has 0 N–H and O–H groups in total. The van der Waals surface area contributed by atoms with Crippen LogP contribution in [0.2, 0.25) is 0 Å². The van der Waals surface area contributed by atoms with Gasteiger partial charge in [0.05, 0.1) is 5.41 Å². The fourth-order valence-corrected chi connectivity index (χ4v) is 5.38. The highest BCUT2D eigenvalue weighted by Gasteiger charge is 2.46. The van der Waals surface area contributed by atoms with Crippen LogP contribution in [0.3, 0.4) is 0 Å². The second-order valence-corrected chi connectivity index (χ2v) is 9.34. The Morgan fingerprint density at radius 3 is 1.46 bits per heavy atom. The van der Waals surface area contributed by atoms with E-state index in [0.29, 0.717) is 11.5 Å². The lowest BCUT2D eigenvalue weighted by Gasteiger charge is -2.34. The summed E-state index contributed by atoms with van der Waals surface area (Å²) in [4.78, 5) is 22.8. The summed E-state index contributed by atoms with van der Waals surface area (Å²) in [5, 5.41) is 0. The van der Waals surface area contributed by atoms with Crippen LogP contribution in [0.25, 0.3) is 11.1 Å². The molecule has 0 unspecified atom stereocenters. The van der Waals surface area contributed by atoms with Crippen molar-refractivity contribution in [2.24, 2.45) is 0 Å². The van der Waals surface area contributed by atoms with Crippen LogP contribution in [0, 0.1) is 0 Å². The van der Waals surface area contributed by atoms with E-state index in [0.717, 1.165) is 45.5 Å². The Hall–Kier alpha value is -5.10. The van der Waals surface area contributed by atoms with Gasteiger partial charge in [0.25, 0.3) is 0 Å². The van der Waals surface area contributed by atoms with Crippen LogP contribution >= 0.6 is 0 Å². The van der Waals surface area contributed by atoms with Gasteiger partial charge in [-0.3, -0.25) is 0 Å². The van der Waals surface area contributed by atoms with Gasteiger partial charge in [-0.15, -0.1) is 0 Å². The Labute approximate surface area is 239 Å². The van der Waals surface area contributed by atoms with Crippen LogP contribution in [0.15, 0.2) is 122 Å². The maximum Gasteiger partial charge on any atom is 0.330 e. The van der Waals surface area contributed by atoms with Gasteiger partial charge in [-0.2, -0.15) is 0 Å². The third kappa shape index (κ3) is 5.50. The van der Waals surface area contributed by atoms with E-state index in [-0.39, 0.29) is 26.4 Å². The predicted octanol–water partition coefficient (Wildman–Crippen LogP) is 6.27. The van der Waals surface area contributed by atoms with E-state index in [2.05, 4.69) is 73.8 Å². The van der Waals surface area contributed by atoms with Gasteiger partial charge in [0.2, 0.25) is 0 Å². The lowest BCUT2D eigenvalue weighted by Crippen LogP contribution is -2.28. The van der Waals surface area contributed by atoms with Crippen molar-refractivity contribution in [3.8, 4) is 22.6 Å². The number of esters is 2. The number of benzene rings is 4. The molecule has 0 atom stereocenters. The molecule has 1 aliphatic rings. The first-order valence-corrected chi connectivity index (χ1v) is 13.3. The highest BCUT2D eigenvalue weighted by atomic mass is 16.6. The van der Waals surface area contributed by atoms with Crippen LogP contribution in [-0.2, 0) is 24.5 Å². The van der Waals surface area contributed by atoms with E-state index in [1.165, 1.54) is 0 Å². The van der Waals surface area contributed by atoms with Gasteiger partial charge in [0, 0.05) is 12.2 Å². The second kappa shape index (κ2) is 12.4. The van der Waals surface area contributed by atoms with Gasteiger partial charge in [-0.05, 0) is 57.6 Å². The molecule has 0 spiro atoms. The molecule has 4 aromatic rings. The smallest absolute Gasteiger partial charge is 0.330 e. The third-order valence-electron chi connectivity index (χ3n) is 7.01. The lowest BCUT2D eigenvalue weighted by atomic mass is 9.67. The molecule has 0 amide bonds. The van der Waals surface area contributed by atoms with Crippen molar-refractivity contribution in [3.63, 3.8) is 0 Å². The van der Waals surface area contributed by atoms with Crippen molar-refractivity contribution >= 4 is 11.9 Å². The summed E-state index contributed by atoms with van der Waals surface area (Å²) >= 11 is 0. The first-order chi connectivity index (χ1) is 20.1. The van der Waals surface area contributed by atoms with Crippen molar-refractivity contribution in [2.75, 3.05) is 26.4 Å². The summed E-state index contributed by atoms with van der Waals surface area (Å²) in [6.07, 6.45) is 2.26. The van der Waals surface area contributed by atoms with Gasteiger partial charge >= 0.3 is 11.9 Å². The Morgan fingerprint density at radius 2 is 1.02 bits per heavy atom. The van der Waals surface area contributed by atoms with Crippen LogP contribution in [-0.4, -0.2) is 38.4 Å². The van der Waals surface area contributed by atoms with Crippen molar-refractivity contribution < 1.29 is 28.5 Å². The second-order valence-electron chi connectivity index (χ2n) is 9.34. The number of carbonyl (C=O) groups excluding carboxylic acids is 2. The Balaban J connectivity index is 1.56. The maximum atomic E-state index is 11.4. The summed E-state index contributed by atoms with van der Waals surface area (Å²) < 4.78 is 22.1. The average molecular weight is 547 g/mol. The van der Waals surface area contributed by atoms with Crippen molar-refractivity contribution in [2.45, 2.75) is 5.41 Å². The first kappa shape index (κ1) is 27.5. The zero-order chi connectivity index (χ0) is 28.7. The number of hydrogen-bond donors (Lipinski definition) is 0. The minimum absolute atomic E-state index is 0.118. The Bertz CT molecular complexity index is 1470. The number of hydrogen-bond acceptors (Lipinski definition) is 6. The quantitative estimate of drug-likeness (QED) is 0.104. The zero-order valence-electron chi connectivity index (χ0n) is 22.6. The molecule has 4 aromatic carbocycles. The molecule has 0 bridgehead atoms. The van der Waals surface area contributed by atoms with E-state index in [1.54, 1.807) is 0 Å². The normalized spacial score (nSPS) is 12.4. The summed E-state index contributed by atoms with van der Waals surface area (Å²) in [5.74, 6) is 0.354. The molecule has 6 nitrogen and oxygen atoms in total. The van der Waals surface area contributed by atoms with Gasteiger partial charge in [0.1, 0.15) is 37.9 Å². The van der Waals surface area contributed by atoms with Crippen LogP contribution in [0.1, 0.15) is 22.3 Å². The molecule has 0 fully saturated rings. The van der Waals surface area contributed by atoms with Crippen molar-refractivity contribution in [1.29, 1.82) is 0 Å². The number of fused-ring (bicyclic) bond motifs is 3. The molecule has 0 saturated heterocycles. The summed E-state index contributed by atoms with van der Waals surface area (Å²) in [7, 11) is 0. The van der Waals surface area contributed by atoms with Crippen molar-refractivity contribution in [3.05, 3.63) is 145 Å². The largest absolute Gasteiger partial charge is 0.490 e. The molecule has 0 aliphatic heterocycles. The molecule has 0 heterocycles. The summed E-state index contributed by atoms with van der Waals surface area (Å²) in [6.45, 7) is 7.49. The molecule has 6 heteroatoms. The molecular formula is C35H30O6. The van der Waals surface area contributed by atoms with Gasteiger partial charge in [0.15, 0.2) is 0 Å². The minimum Gasteiger partial charge on any atom is -0.490 e. The number of rotatable bonds is 12. The fourth-order valence-electron chi connectivity index (χ4n) is 5.38. The predicted molar refractivity (Wildman–Crippen MR) is 157 cm³/mol. The van der Waals surface area contributed by atoms with Gasteiger partial charge in [-0.25, -0.2) is 9.59 Å². The van der Waals surface area contributed by atoms with Crippen LogP contribution in [0.5, 0.6) is 11.5 Å². The topological polar surface area (TPSA) is 71.1 Å². The standard InChI is InChI=1S/C35H30O6/c1-3-33(36)40-21-19-38-27-13-9-11-25(23-27)35(26-12-10-14-28(24-26)39-20-22-41-34(37)4-2)31-17-7-5-15-29(31)30-16-6-8-18-32(30)35/h3-18,23-24H,1-2,19-22H2. The molecule has 0 saturated carbocycles. The molecule has 41 heavy (non-hydrogen) atoms. The van der Waals surface area contributed by atoms with E-state index in [1.807, 2.05) is 36.4 Å². The van der Waals surface area contributed by atoms with Crippen LogP contribution < -0.4 is 9.47 Å². The van der Waals surface area contributed by atoms with Gasteiger partial charge in [-0.1, -0.05) is 86.0 Å². The minimum atomic E-state index is -0.656. The molecule has 5 rings (SSSR count). The highest BCUT2D eigenvalue weighted by molar-refractivity contribution is 5.86. The van der Waals surface area contributed by atoms with Crippen molar-refractivity contribution in [1.82, 2.24) is 0 Å². The SMILES string of the molecule is C=CC(=O)OCCOc1cccc(C2(c3cccc(OCCOC(=O)C=C)c3)c3ccccc3-c3ccccc32)c1. The summed E-state index contributed by atoms with van der Waals surface area (Å²) in [6, 6.07) is 32.9. The van der Waals surface area contributed by atoms with Gasteiger partial charge < -0.3 is 18.9 Å². The average Bonchev–Trinajstić information content (AvgIpc) is 3.32. The fraction of sp³-hybridized carbons (Fsp3) is 0.143. The lowest BCUT2D eigenvalue weighted by molar-refractivity contribution is -0.139. The Morgan fingerprint density at radius 1 is 0.585 bits per heavy atom. The van der Waals surface area contributed by atoms with E-state index >= 15 is 0 Å². The molecule has 206 valence electrons. The molecule has 0 aromatic heterocycles. The highest BCUT2D eigenvalue weighted by Crippen LogP contribution is 2.56. The zero-order valence-corrected chi connectivity index (χ0v) is 22.6. The Kier molecular flexibility index (Phi) is 8.30. The number of carbonyl (C=O) groups is 2. The first-order valence-electron chi connectivity index (χ1n) is 13.3. The molecular weight excluding hydrogens is 516 g/mol. The number of ether oxygens (including phenoxy) is 4. The summed E-state index contributed by atoms with van der Waals surface area (Å²) in [5.41, 5.74) is 6.00. The monoisotopic (exact) mass is 546 g/mol. The van der Waals surface area contributed by atoms with E-state index in [9.17, 15) is 9.59 Å². The third-order valence-corrected chi connectivity index (χ3v) is 7.01.